The maximum atomic E-state index is 5.99. The molecule has 2 aromatic rings. The van der Waals surface area contributed by atoms with E-state index in [1.54, 1.807) is 6.20 Å². The van der Waals surface area contributed by atoms with Gasteiger partial charge in [0.2, 0.25) is 0 Å². The van der Waals surface area contributed by atoms with Crippen LogP contribution in [-0.2, 0) is 5.41 Å². The number of benzene rings is 1. The highest BCUT2D eigenvalue weighted by Gasteiger charge is 2.49. The van der Waals surface area contributed by atoms with Crippen molar-refractivity contribution < 1.29 is 4.42 Å². The standard InChI is InChI=1S/C12H12N2O/c13-10-4-2-1-3-9(10)12(5-6-12)11-7-14-8-15-11/h1-4,7-8H,5-6,13H2. The number of para-hydroxylation sites is 1. The van der Waals surface area contributed by atoms with Crippen LogP contribution in [0.5, 0.6) is 0 Å². The predicted molar refractivity (Wildman–Crippen MR) is 57.4 cm³/mol. The topological polar surface area (TPSA) is 52.0 Å². The average molecular weight is 200 g/mol. The van der Waals surface area contributed by atoms with Crippen LogP contribution in [0.2, 0.25) is 0 Å². The largest absolute Gasteiger partial charge is 0.448 e. The van der Waals surface area contributed by atoms with Gasteiger partial charge in [-0.3, -0.25) is 0 Å². The summed E-state index contributed by atoms with van der Waals surface area (Å²) < 4.78 is 5.40. The molecule has 0 saturated heterocycles. The summed E-state index contributed by atoms with van der Waals surface area (Å²) >= 11 is 0. The smallest absolute Gasteiger partial charge is 0.180 e. The van der Waals surface area contributed by atoms with Gasteiger partial charge in [-0.15, -0.1) is 0 Å². The van der Waals surface area contributed by atoms with E-state index in [9.17, 15) is 0 Å². The number of rotatable bonds is 2. The number of nitrogen functional groups attached to an aromatic ring is 1. The van der Waals surface area contributed by atoms with Crippen LogP contribution in [0.15, 0.2) is 41.3 Å². The lowest BCUT2D eigenvalue weighted by molar-refractivity contribution is 0.475. The molecule has 76 valence electrons. The number of aromatic nitrogens is 1. The second-order valence-corrected chi connectivity index (χ2v) is 4.04. The van der Waals surface area contributed by atoms with Crippen molar-refractivity contribution in [2.75, 3.05) is 5.73 Å². The maximum Gasteiger partial charge on any atom is 0.180 e. The first-order valence-corrected chi connectivity index (χ1v) is 5.07. The summed E-state index contributed by atoms with van der Waals surface area (Å²) in [4.78, 5) is 3.98. The number of hydrogen-bond acceptors (Lipinski definition) is 3. The van der Waals surface area contributed by atoms with Gasteiger partial charge in [0.25, 0.3) is 0 Å². The number of anilines is 1. The zero-order valence-electron chi connectivity index (χ0n) is 8.31. The first-order chi connectivity index (χ1) is 7.33. The molecule has 0 radical (unpaired) electrons. The Morgan fingerprint density at radius 1 is 1.27 bits per heavy atom. The van der Waals surface area contributed by atoms with Gasteiger partial charge >= 0.3 is 0 Å². The molecule has 0 aliphatic heterocycles. The van der Waals surface area contributed by atoms with Crippen LogP contribution in [0.25, 0.3) is 0 Å². The zero-order chi connectivity index (χ0) is 10.3. The summed E-state index contributed by atoms with van der Waals surface area (Å²) in [6.45, 7) is 0. The molecule has 1 heterocycles. The fraction of sp³-hybridized carbons (Fsp3) is 0.250. The summed E-state index contributed by atoms with van der Waals surface area (Å²) in [6.07, 6.45) is 5.46. The lowest BCUT2D eigenvalue weighted by Gasteiger charge is -2.14. The van der Waals surface area contributed by atoms with Crippen molar-refractivity contribution in [1.29, 1.82) is 0 Å². The summed E-state index contributed by atoms with van der Waals surface area (Å²) in [5, 5.41) is 0. The van der Waals surface area contributed by atoms with Crippen molar-refractivity contribution in [2.24, 2.45) is 0 Å². The van der Waals surface area contributed by atoms with Gasteiger partial charge in [-0.05, 0) is 24.5 Å². The Labute approximate surface area is 87.9 Å². The Kier molecular flexibility index (Phi) is 1.63. The minimum Gasteiger partial charge on any atom is -0.448 e. The minimum absolute atomic E-state index is 0.00183. The average Bonchev–Trinajstić information content (AvgIpc) is 2.87. The normalized spacial score (nSPS) is 17.6. The van der Waals surface area contributed by atoms with Gasteiger partial charge < -0.3 is 10.2 Å². The Morgan fingerprint density at radius 2 is 2.07 bits per heavy atom. The van der Waals surface area contributed by atoms with E-state index < -0.39 is 0 Å². The van der Waals surface area contributed by atoms with Gasteiger partial charge in [-0.2, -0.15) is 0 Å². The van der Waals surface area contributed by atoms with Gasteiger partial charge in [-0.25, -0.2) is 4.98 Å². The highest BCUT2D eigenvalue weighted by molar-refractivity contribution is 5.56. The molecular weight excluding hydrogens is 188 g/mol. The van der Waals surface area contributed by atoms with E-state index in [1.807, 2.05) is 18.2 Å². The Morgan fingerprint density at radius 3 is 2.67 bits per heavy atom. The van der Waals surface area contributed by atoms with Crippen molar-refractivity contribution in [3.63, 3.8) is 0 Å². The lowest BCUT2D eigenvalue weighted by atomic mass is 9.92. The molecule has 1 saturated carbocycles. The summed E-state index contributed by atoms with van der Waals surface area (Å²) in [6, 6.07) is 7.98. The monoisotopic (exact) mass is 200 g/mol. The third-order valence-corrected chi connectivity index (χ3v) is 3.13. The highest BCUT2D eigenvalue weighted by Crippen LogP contribution is 2.54. The van der Waals surface area contributed by atoms with Crippen LogP contribution < -0.4 is 5.73 Å². The highest BCUT2D eigenvalue weighted by atomic mass is 16.3. The van der Waals surface area contributed by atoms with Gasteiger partial charge in [-0.1, -0.05) is 18.2 Å². The molecule has 0 bridgehead atoms. The maximum absolute atomic E-state index is 5.99. The van der Waals surface area contributed by atoms with Crippen LogP contribution in [0.3, 0.4) is 0 Å². The number of nitrogens with two attached hydrogens (primary N) is 1. The molecule has 1 aliphatic rings. The van der Waals surface area contributed by atoms with Gasteiger partial charge in [0.1, 0.15) is 5.76 Å². The second-order valence-electron chi connectivity index (χ2n) is 4.04. The summed E-state index contributed by atoms with van der Waals surface area (Å²) in [5.74, 6) is 0.931. The van der Waals surface area contributed by atoms with Crippen LogP contribution in [0.4, 0.5) is 5.69 Å². The zero-order valence-corrected chi connectivity index (χ0v) is 8.31. The van der Waals surface area contributed by atoms with E-state index in [1.165, 1.54) is 12.0 Å². The number of nitrogens with zero attached hydrogens (tertiary/aromatic N) is 1. The SMILES string of the molecule is Nc1ccccc1C1(c2cnco2)CC1. The Hall–Kier alpha value is -1.77. The lowest BCUT2D eigenvalue weighted by Crippen LogP contribution is -2.10. The van der Waals surface area contributed by atoms with Crippen molar-refractivity contribution in [3.8, 4) is 0 Å². The Balaban J connectivity index is 2.12. The summed E-state index contributed by atoms with van der Waals surface area (Å²) in [7, 11) is 0. The molecule has 3 nitrogen and oxygen atoms in total. The van der Waals surface area contributed by atoms with E-state index in [0.29, 0.717) is 0 Å². The number of oxazole rings is 1. The fourth-order valence-corrected chi connectivity index (χ4v) is 2.16. The van der Waals surface area contributed by atoms with E-state index in [-0.39, 0.29) is 5.41 Å². The van der Waals surface area contributed by atoms with Crippen molar-refractivity contribution in [1.82, 2.24) is 4.98 Å². The first-order valence-electron chi connectivity index (χ1n) is 5.07. The van der Waals surface area contributed by atoms with Crippen LogP contribution in [0, 0.1) is 0 Å². The molecule has 15 heavy (non-hydrogen) atoms. The molecule has 2 N–H and O–H groups in total. The summed E-state index contributed by atoms with van der Waals surface area (Å²) in [5.41, 5.74) is 8.00. The van der Waals surface area contributed by atoms with E-state index in [4.69, 9.17) is 10.2 Å². The van der Waals surface area contributed by atoms with Crippen molar-refractivity contribution >= 4 is 5.69 Å². The van der Waals surface area contributed by atoms with Gasteiger partial charge in [0.15, 0.2) is 6.39 Å². The fourth-order valence-electron chi connectivity index (χ4n) is 2.16. The third-order valence-electron chi connectivity index (χ3n) is 3.13. The third kappa shape index (κ3) is 1.16. The van der Waals surface area contributed by atoms with Gasteiger partial charge in [0, 0.05) is 5.69 Å². The molecule has 0 unspecified atom stereocenters. The molecule has 0 spiro atoms. The second kappa shape index (κ2) is 2.86. The molecule has 1 aromatic heterocycles. The number of hydrogen-bond donors (Lipinski definition) is 1. The van der Waals surface area contributed by atoms with E-state index in [2.05, 4.69) is 11.1 Å². The molecule has 1 aromatic carbocycles. The van der Waals surface area contributed by atoms with E-state index in [0.717, 1.165) is 24.3 Å². The van der Waals surface area contributed by atoms with Crippen LogP contribution >= 0.6 is 0 Å². The van der Waals surface area contributed by atoms with Crippen molar-refractivity contribution in [2.45, 2.75) is 18.3 Å². The van der Waals surface area contributed by atoms with Crippen LogP contribution in [0.1, 0.15) is 24.2 Å². The Bertz CT molecular complexity index is 472. The van der Waals surface area contributed by atoms with Crippen molar-refractivity contribution in [3.05, 3.63) is 48.2 Å². The van der Waals surface area contributed by atoms with Crippen LogP contribution in [-0.4, -0.2) is 4.98 Å². The molecule has 0 amide bonds. The minimum atomic E-state index is 0.00183. The molecule has 3 heteroatoms. The molecule has 3 rings (SSSR count). The molecule has 1 aliphatic carbocycles. The molecular formula is C12H12N2O. The molecule has 1 fully saturated rings. The quantitative estimate of drug-likeness (QED) is 0.757. The van der Waals surface area contributed by atoms with Gasteiger partial charge in [0.05, 0.1) is 11.6 Å². The predicted octanol–water partition coefficient (Wildman–Crippen LogP) is 2.34. The molecule has 0 atom stereocenters. The first kappa shape index (κ1) is 8.53. The van der Waals surface area contributed by atoms with E-state index >= 15 is 0 Å².